The summed E-state index contributed by atoms with van der Waals surface area (Å²) in [5.74, 6) is -4.54. The van der Waals surface area contributed by atoms with E-state index in [9.17, 15) is 22.8 Å². The number of nitrogens with zero attached hydrogens (tertiary/aromatic N) is 3. The number of hydrogen-bond donors (Lipinski definition) is 2. The summed E-state index contributed by atoms with van der Waals surface area (Å²) < 4.78 is 39.0. The maximum absolute atomic E-state index is 13.0. The maximum atomic E-state index is 13.0. The highest BCUT2D eigenvalue weighted by Gasteiger charge is 2.53. The molecule has 2 fully saturated rings. The average molecular weight is 358 g/mol. The van der Waals surface area contributed by atoms with Gasteiger partial charge in [0, 0.05) is 19.0 Å². The van der Waals surface area contributed by atoms with Crippen molar-refractivity contribution in [3.05, 3.63) is 17.7 Å². The van der Waals surface area contributed by atoms with Crippen LogP contribution < -0.4 is 5.32 Å². The number of hydrogen-bond acceptors (Lipinski definition) is 4. The number of likely N-dealkylation sites (tertiary alicyclic amines) is 1. The highest BCUT2D eigenvalue weighted by Crippen LogP contribution is 2.42. The Labute approximate surface area is 141 Å². The summed E-state index contributed by atoms with van der Waals surface area (Å²) in [5, 5.41) is 11.5. The minimum absolute atomic E-state index is 0.213. The summed E-state index contributed by atoms with van der Waals surface area (Å²) in [6.45, 7) is 0.540. The first-order valence-electron chi connectivity index (χ1n) is 7.85. The quantitative estimate of drug-likeness (QED) is 0.865. The van der Waals surface area contributed by atoms with E-state index in [4.69, 9.17) is 5.11 Å². The van der Waals surface area contributed by atoms with E-state index >= 15 is 0 Å². The Balaban J connectivity index is 1.75. The number of halogens is 3. The topological polar surface area (TPSA) is 95.4 Å². The maximum Gasteiger partial charge on any atom is 0.394 e. The summed E-state index contributed by atoms with van der Waals surface area (Å²) in [7, 11) is 0. The van der Waals surface area contributed by atoms with E-state index in [1.165, 1.54) is 6.20 Å². The fraction of sp³-hybridized carbons (Fsp3) is 0.600. The number of carbonyl (C=O) groups is 2. The van der Waals surface area contributed by atoms with Crippen molar-refractivity contribution in [1.82, 2.24) is 14.9 Å². The summed E-state index contributed by atoms with van der Waals surface area (Å²) >= 11 is 0. The minimum atomic E-state index is -4.68. The number of amides is 2. The first kappa shape index (κ1) is 17.4. The number of nitrogens with one attached hydrogen (secondary N) is 1. The van der Waals surface area contributed by atoms with Crippen LogP contribution in [0.4, 0.5) is 23.7 Å². The predicted molar refractivity (Wildman–Crippen MR) is 80.0 cm³/mol. The van der Waals surface area contributed by atoms with Crippen LogP contribution in [0.2, 0.25) is 0 Å². The highest BCUT2D eigenvalue weighted by atomic mass is 19.4. The van der Waals surface area contributed by atoms with Gasteiger partial charge in [0.25, 0.3) is 0 Å². The highest BCUT2D eigenvalue weighted by molar-refractivity contribution is 5.90. The predicted octanol–water partition coefficient (Wildman–Crippen LogP) is 2.39. The van der Waals surface area contributed by atoms with Gasteiger partial charge in [0.1, 0.15) is 5.82 Å². The van der Waals surface area contributed by atoms with E-state index in [2.05, 4.69) is 15.3 Å². The molecule has 136 valence electrons. The summed E-state index contributed by atoms with van der Waals surface area (Å²) in [5.41, 5.74) is 1.03. The lowest BCUT2D eigenvalue weighted by Gasteiger charge is -2.19. The Morgan fingerprint density at radius 2 is 2.00 bits per heavy atom. The molecule has 2 atom stereocenters. The number of carboxylic acids is 1. The number of carboxylic acid groups (broad SMARTS) is 1. The molecule has 1 saturated heterocycles. The van der Waals surface area contributed by atoms with Crippen LogP contribution >= 0.6 is 0 Å². The van der Waals surface area contributed by atoms with Crippen LogP contribution in [0.3, 0.4) is 0 Å². The lowest BCUT2D eigenvalue weighted by atomic mass is 9.96. The molecule has 25 heavy (non-hydrogen) atoms. The van der Waals surface area contributed by atoms with Crippen LogP contribution in [0.5, 0.6) is 0 Å². The Hall–Kier alpha value is -2.39. The number of aliphatic carboxylic acids is 1. The fourth-order valence-corrected chi connectivity index (χ4v) is 3.00. The molecule has 2 heterocycles. The van der Waals surface area contributed by atoms with E-state index in [1.54, 1.807) is 6.92 Å². The van der Waals surface area contributed by atoms with Gasteiger partial charge in [-0.3, -0.25) is 4.79 Å². The summed E-state index contributed by atoms with van der Waals surface area (Å²) in [6.07, 6.45) is -1.38. The fourth-order valence-electron chi connectivity index (χ4n) is 3.00. The first-order valence-corrected chi connectivity index (χ1v) is 7.85. The van der Waals surface area contributed by atoms with Gasteiger partial charge in [-0.2, -0.15) is 13.2 Å². The lowest BCUT2D eigenvalue weighted by molar-refractivity contribution is -0.187. The second-order valence-corrected chi connectivity index (χ2v) is 6.42. The normalized spacial score (nSPS) is 23.6. The molecule has 2 aliphatic rings. The molecule has 1 aromatic heterocycles. The summed E-state index contributed by atoms with van der Waals surface area (Å²) in [4.78, 5) is 32.6. The van der Waals surface area contributed by atoms with Gasteiger partial charge in [-0.05, 0) is 19.8 Å². The lowest BCUT2D eigenvalue weighted by Crippen LogP contribution is -2.35. The SMILES string of the molecule is Cc1ncc(NC(=O)N2C[C@@H](C(F)(F)F)[C@H](C(=O)O)C2)c(C2CC2)n1. The number of aryl methyl sites for hydroxylation is 1. The molecular weight excluding hydrogens is 341 g/mol. The molecule has 1 saturated carbocycles. The minimum Gasteiger partial charge on any atom is -0.481 e. The molecule has 10 heteroatoms. The van der Waals surface area contributed by atoms with Crippen LogP contribution in [-0.2, 0) is 4.79 Å². The van der Waals surface area contributed by atoms with Crippen molar-refractivity contribution in [3.63, 3.8) is 0 Å². The largest absolute Gasteiger partial charge is 0.481 e. The van der Waals surface area contributed by atoms with Crippen LogP contribution in [0, 0.1) is 18.8 Å². The Morgan fingerprint density at radius 1 is 1.32 bits per heavy atom. The second kappa shape index (κ2) is 6.16. The van der Waals surface area contributed by atoms with E-state index in [1.807, 2.05) is 0 Å². The zero-order chi connectivity index (χ0) is 18.4. The van der Waals surface area contributed by atoms with E-state index in [0.717, 1.165) is 17.7 Å². The van der Waals surface area contributed by atoms with Gasteiger partial charge in [0.15, 0.2) is 0 Å². The zero-order valence-electron chi connectivity index (χ0n) is 13.4. The molecule has 0 aromatic carbocycles. The number of carbonyl (C=O) groups excluding carboxylic acids is 1. The average Bonchev–Trinajstić information content (AvgIpc) is 3.24. The number of alkyl halides is 3. The molecule has 0 radical (unpaired) electrons. The Morgan fingerprint density at radius 3 is 2.52 bits per heavy atom. The van der Waals surface area contributed by atoms with E-state index < -0.39 is 43.1 Å². The van der Waals surface area contributed by atoms with Gasteiger partial charge in [-0.1, -0.05) is 0 Å². The number of rotatable bonds is 3. The molecule has 2 amide bonds. The number of aromatic nitrogens is 2. The second-order valence-electron chi connectivity index (χ2n) is 6.42. The summed E-state index contributed by atoms with van der Waals surface area (Å²) in [6, 6.07) is -0.771. The van der Waals surface area contributed by atoms with Crippen molar-refractivity contribution in [1.29, 1.82) is 0 Å². The molecule has 7 nitrogen and oxygen atoms in total. The van der Waals surface area contributed by atoms with Gasteiger partial charge in [0.2, 0.25) is 0 Å². The van der Waals surface area contributed by atoms with Crippen molar-refractivity contribution in [2.24, 2.45) is 11.8 Å². The molecule has 1 aliphatic carbocycles. The van der Waals surface area contributed by atoms with Crippen molar-refractivity contribution in [2.45, 2.75) is 31.9 Å². The monoisotopic (exact) mass is 358 g/mol. The first-order chi connectivity index (χ1) is 11.7. The van der Waals surface area contributed by atoms with Gasteiger partial charge in [-0.25, -0.2) is 14.8 Å². The molecule has 1 aromatic rings. The van der Waals surface area contributed by atoms with Gasteiger partial charge >= 0.3 is 18.2 Å². The van der Waals surface area contributed by atoms with E-state index in [-0.39, 0.29) is 5.92 Å². The standard InChI is InChI=1S/C15H17F3N4O3/c1-7-19-4-11(12(20-7)8-2-3-8)21-14(25)22-5-9(13(23)24)10(6-22)15(16,17)18/h4,8-10H,2-3,5-6H2,1H3,(H,21,25)(H,23,24)/t9-,10-/m1/s1. The number of urea groups is 1. The van der Waals surface area contributed by atoms with E-state index in [0.29, 0.717) is 17.2 Å². The van der Waals surface area contributed by atoms with Crippen LogP contribution in [-0.4, -0.2) is 51.2 Å². The zero-order valence-corrected chi connectivity index (χ0v) is 13.4. The van der Waals surface area contributed by atoms with Crippen molar-refractivity contribution in [2.75, 3.05) is 18.4 Å². The van der Waals surface area contributed by atoms with Crippen molar-refractivity contribution >= 4 is 17.7 Å². The third kappa shape index (κ3) is 3.67. The Bertz CT molecular complexity index is 706. The van der Waals surface area contributed by atoms with Crippen LogP contribution in [0.15, 0.2) is 6.20 Å². The van der Waals surface area contributed by atoms with Crippen LogP contribution in [0.1, 0.15) is 30.3 Å². The van der Waals surface area contributed by atoms with Crippen molar-refractivity contribution < 1.29 is 27.9 Å². The molecule has 1 aliphatic heterocycles. The smallest absolute Gasteiger partial charge is 0.394 e. The van der Waals surface area contributed by atoms with Crippen molar-refractivity contribution in [3.8, 4) is 0 Å². The van der Waals surface area contributed by atoms with Gasteiger partial charge < -0.3 is 15.3 Å². The number of anilines is 1. The molecule has 3 rings (SSSR count). The third-order valence-electron chi connectivity index (χ3n) is 4.49. The Kier molecular flexibility index (Phi) is 4.29. The van der Waals surface area contributed by atoms with Crippen LogP contribution in [0.25, 0.3) is 0 Å². The molecule has 0 unspecified atom stereocenters. The van der Waals surface area contributed by atoms with Gasteiger partial charge in [0.05, 0.1) is 29.4 Å². The molecule has 0 spiro atoms. The molecule has 2 N–H and O–H groups in total. The third-order valence-corrected chi connectivity index (χ3v) is 4.49. The van der Waals surface area contributed by atoms with Gasteiger partial charge in [-0.15, -0.1) is 0 Å². The molecule has 0 bridgehead atoms. The molecular formula is C15H17F3N4O3.